The van der Waals surface area contributed by atoms with Crippen LogP contribution in [0.4, 0.5) is 0 Å². The first kappa shape index (κ1) is 10.7. The highest BCUT2D eigenvalue weighted by Gasteiger charge is 2.12. The minimum Gasteiger partial charge on any atom is -0.478 e. The lowest BCUT2D eigenvalue weighted by Gasteiger charge is -2.05. The molecule has 0 aliphatic rings. The standard InChI is InChI=1S/C10H8BrNO2/c1-6-2-8(5-12)9(10(13)14)3-7(6)4-11/h2-3H,4H2,1H3,(H,13,14). The summed E-state index contributed by atoms with van der Waals surface area (Å²) in [5.74, 6) is -1.07. The van der Waals surface area contributed by atoms with Gasteiger partial charge in [0, 0.05) is 5.33 Å². The van der Waals surface area contributed by atoms with E-state index in [-0.39, 0.29) is 11.1 Å². The number of aryl methyl sites for hydroxylation is 1. The van der Waals surface area contributed by atoms with E-state index >= 15 is 0 Å². The summed E-state index contributed by atoms with van der Waals surface area (Å²) in [6.45, 7) is 1.85. The predicted octanol–water partition coefficient (Wildman–Crippen LogP) is 2.46. The maximum absolute atomic E-state index is 10.8. The second kappa shape index (κ2) is 4.25. The van der Waals surface area contributed by atoms with E-state index in [1.807, 2.05) is 13.0 Å². The van der Waals surface area contributed by atoms with Gasteiger partial charge in [-0.3, -0.25) is 0 Å². The van der Waals surface area contributed by atoms with Crippen LogP contribution in [0.1, 0.15) is 27.0 Å². The first-order chi connectivity index (χ1) is 6.60. The van der Waals surface area contributed by atoms with E-state index in [9.17, 15) is 4.79 Å². The van der Waals surface area contributed by atoms with E-state index in [1.54, 1.807) is 6.07 Å². The number of alkyl halides is 1. The van der Waals surface area contributed by atoms with Crippen molar-refractivity contribution in [3.63, 3.8) is 0 Å². The number of nitriles is 1. The number of nitrogens with zero attached hydrogens (tertiary/aromatic N) is 1. The molecule has 0 fully saturated rings. The number of carboxylic acids is 1. The highest BCUT2D eigenvalue weighted by molar-refractivity contribution is 9.08. The van der Waals surface area contributed by atoms with Crippen molar-refractivity contribution >= 4 is 21.9 Å². The van der Waals surface area contributed by atoms with Gasteiger partial charge in [0.25, 0.3) is 0 Å². The zero-order valence-corrected chi connectivity index (χ0v) is 9.13. The van der Waals surface area contributed by atoms with Gasteiger partial charge in [0.1, 0.15) is 6.07 Å². The van der Waals surface area contributed by atoms with Crippen molar-refractivity contribution in [3.05, 3.63) is 34.4 Å². The number of hydrogen-bond acceptors (Lipinski definition) is 2. The fourth-order valence-electron chi connectivity index (χ4n) is 1.17. The number of benzene rings is 1. The number of halogens is 1. The van der Waals surface area contributed by atoms with Crippen molar-refractivity contribution in [2.75, 3.05) is 0 Å². The summed E-state index contributed by atoms with van der Waals surface area (Å²) in [6, 6.07) is 5.00. The Bertz CT molecular complexity index is 421. The van der Waals surface area contributed by atoms with E-state index < -0.39 is 5.97 Å². The molecule has 0 aliphatic carbocycles. The molecule has 72 valence electrons. The van der Waals surface area contributed by atoms with Gasteiger partial charge in [-0.25, -0.2) is 4.79 Å². The van der Waals surface area contributed by atoms with Crippen LogP contribution in [0.5, 0.6) is 0 Å². The molecule has 0 unspecified atom stereocenters. The Morgan fingerprint density at radius 3 is 2.71 bits per heavy atom. The molecule has 3 nitrogen and oxygen atoms in total. The van der Waals surface area contributed by atoms with Gasteiger partial charge in [-0.05, 0) is 30.2 Å². The number of rotatable bonds is 2. The SMILES string of the molecule is Cc1cc(C#N)c(C(=O)O)cc1CBr. The van der Waals surface area contributed by atoms with Crippen LogP contribution in [-0.4, -0.2) is 11.1 Å². The second-order valence-electron chi connectivity index (χ2n) is 2.87. The van der Waals surface area contributed by atoms with Gasteiger partial charge in [0.2, 0.25) is 0 Å². The molecule has 1 aromatic carbocycles. The number of carbonyl (C=O) groups is 1. The average Bonchev–Trinajstić information content (AvgIpc) is 2.16. The lowest BCUT2D eigenvalue weighted by Crippen LogP contribution is -2.02. The normalized spacial score (nSPS) is 9.50. The van der Waals surface area contributed by atoms with Crippen LogP contribution in [0, 0.1) is 18.3 Å². The largest absolute Gasteiger partial charge is 0.478 e. The Hall–Kier alpha value is -1.34. The molecule has 0 heterocycles. The Kier molecular flexibility index (Phi) is 3.26. The topological polar surface area (TPSA) is 61.1 Å². The lowest BCUT2D eigenvalue weighted by molar-refractivity contribution is 0.0696. The summed E-state index contributed by atoms with van der Waals surface area (Å²) in [7, 11) is 0. The molecule has 0 atom stereocenters. The predicted molar refractivity (Wildman–Crippen MR) is 55.5 cm³/mol. The summed E-state index contributed by atoms with van der Waals surface area (Å²) < 4.78 is 0. The highest BCUT2D eigenvalue weighted by atomic mass is 79.9. The van der Waals surface area contributed by atoms with Crippen molar-refractivity contribution in [2.24, 2.45) is 0 Å². The minimum absolute atomic E-state index is 0.0625. The average molecular weight is 254 g/mol. The quantitative estimate of drug-likeness (QED) is 0.824. The molecule has 0 radical (unpaired) electrons. The molecule has 1 rings (SSSR count). The molecule has 1 aromatic rings. The zero-order valence-electron chi connectivity index (χ0n) is 7.54. The Morgan fingerprint density at radius 1 is 1.64 bits per heavy atom. The number of carboxylic acid groups (broad SMARTS) is 1. The molecule has 14 heavy (non-hydrogen) atoms. The third-order valence-corrected chi connectivity index (χ3v) is 2.58. The molecule has 4 heteroatoms. The van der Waals surface area contributed by atoms with Crippen molar-refractivity contribution in [1.29, 1.82) is 5.26 Å². The van der Waals surface area contributed by atoms with Gasteiger partial charge in [-0.1, -0.05) is 15.9 Å². The smallest absolute Gasteiger partial charge is 0.337 e. The number of hydrogen-bond donors (Lipinski definition) is 1. The molecular formula is C10H8BrNO2. The molecule has 0 aliphatic heterocycles. The van der Waals surface area contributed by atoms with E-state index in [0.29, 0.717) is 5.33 Å². The molecule has 0 aromatic heterocycles. The monoisotopic (exact) mass is 253 g/mol. The van der Waals surface area contributed by atoms with Crippen LogP contribution in [0.3, 0.4) is 0 Å². The van der Waals surface area contributed by atoms with Crippen LogP contribution in [0.2, 0.25) is 0 Å². The lowest BCUT2D eigenvalue weighted by atomic mass is 10.0. The van der Waals surface area contributed by atoms with Crippen LogP contribution >= 0.6 is 15.9 Å². The Labute approximate surface area is 90.1 Å². The third-order valence-electron chi connectivity index (χ3n) is 1.97. The molecule has 0 amide bonds. The van der Waals surface area contributed by atoms with Crippen LogP contribution in [0.15, 0.2) is 12.1 Å². The maximum Gasteiger partial charge on any atom is 0.337 e. The Morgan fingerprint density at radius 2 is 2.29 bits per heavy atom. The van der Waals surface area contributed by atoms with E-state index in [4.69, 9.17) is 10.4 Å². The highest BCUT2D eigenvalue weighted by Crippen LogP contribution is 2.18. The minimum atomic E-state index is -1.07. The summed E-state index contributed by atoms with van der Waals surface area (Å²) in [5.41, 5.74) is 2.08. The van der Waals surface area contributed by atoms with Gasteiger partial charge in [-0.2, -0.15) is 5.26 Å². The molecule has 0 saturated carbocycles. The molecule has 0 saturated heterocycles. The van der Waals surface area contributed by atoms with Gasteiger partial charge in [0.15, 0.2) is 0 Å². The maximum atomic E-state index is 10.8. The summed E-state index contributed by atoms with van der Waals surface area (Å²) in [4.78, 5) is 10.8. The second-order valence-corrected chi connectivity index (χ2v) is 3.44. The first-order valence-electron chi connectivity index (χ1n) is 3.93. The van der Waals surface area contributed by atoms with E-state index in [1.165, 1.54) is 6.07 Å². The van der Waals surface area contributed by atoms with Crippen molar-refractivity contribution in [2.45, 2.75) is 12.3 Å². The molecular weight excluding hydrogens is 246 g/mol. The molecule has 1 N–H and O–H groups in total. The molecule has 0 bridgehead atoms. The zero-order chi connectivity index (χ0) is 10.7. The fraction of sp³-hybridized carbons (Fsp3) is 0.200. The van der Waals surface area contributed by atoms with E-state index in [2.05, 4.69) is 15.9 Å². The fourth-order valence-corrected chi connectivity index (χ4v) is 1.77. The van der Waals surface area contributed by atoms with Gasteiger partial charge >= 0.3 is 5.97 Å². The van der Waals surface area contributed by atoms with Gasteiger partial charge < -0.3 is 5.11 Å². The first-order valence-corrected chi connectivity index (χ1v) is 5.05. The van der Waals surface area contributed by atoms with Crippen molar-refractivity contribution < 1.29 is 9.90 Å². The van der Waals surface area contributed by atoms with Gasteiger partial charge in [0.05, 0.1) is 11.1 Å². The summed E-state index contributed by atoms with van der Waals surface area (Å²) >= 11 is 3.26. The van der Waals surface area contributed by atoms with Crippen LogP contribution in [-0.2, 0) is 5.33 Å². The van der Waals surface area contributed by atoms with Gasteiger partial charge in [-0.15, -0.1) is 0 Å². The number of aromatic carboxylic acids is 1. The van der Waals surface area contributed by atoms with E-state index in [0.717, 1.165) is 11.1 Å². The third kappa shape index (κ3) is 1.94. The summed E-state index contributed by atoms with van der Waals surface area (Å²) in [6.07, 6.45) is 0. The summed E-state index contributed by atoms with van der Waals surface area (Å²) in [5, 5.41) is 18.2. The van der Waals surface area contributed by atoms with Crippen LogP contribution < -0.4 is 0 Å². The van der Waals surface area contributed by atoms with Crippen molar-refractivity contribution in [1.82, 2.24) is 0 Å². The van der Waals surface area contributed by atoms with Crippen LogP contribution in [0.25, 0.3) is 0 Å². The Balaban J connectivity index is 3.42. The van der Waals surface area contributed by atoms with Crippen molar-refractivity contribution in [3.8, 4) is 6.07 Å². The molecule has 0 spiro atoms.